The van der Waals surface area contributed by atoms with Gasteiger partial charge in [0.15, 0.2) is 0 Å². The van der Waals surface area contributed by atoms with Gasteiger partial charge in [-0.05, 0) is 67.1 Å². The van der Waals surface area contributed by atoms with Crippen molar-refractivity contribution in [2.75, 3.05) is 24.2 Å². The fourth-order valence-electron chi connectivity index (χ4n) is 5.72. The average molecular weight is 640 g/mol. The van der Waals surface area contributed by atoms with Gasteiger partial charge in [-0.25, -0.2) is 8.42 Å². The summed E-state index contributed by atoms with van der Waals surface area (Å²) >= 11 is 6.20. The van der Waals surface area contributed by atoms with E-state index in [4.69, 9.17) is 16.3 Å². The van der Waals surface area contributed by atoms with E-state index in [1.807, 2.05) is 61.5 Å². The molecule has 0 heterocycles. The van der Waals surface area contributed by atoms with Crippen LogP contribution in [0.15, 0.2) is 72.8 Å². The van der Waals surface area contributed by atoms with Crippen molar-refractivity contribution < 1.29 is 22.7 Å². The first-order chi connectivity index (χ1) is 21.0. The van der Waals surface area contributed by atoms with E-state index in [0.29, 0.717) is 22.9 Å². The lowest BCUT2D eigenvalue weighted by molar-refractivity contribution is -0.141. The average Bonchev–Trinajstić information content (AvgIpc) is 3.51. The Balaban J connectivity index is 1.61. The maximum atomic E-state index is 14.1. The number of aryl methyl sites for hydroxylation is 1. The minimum absolute atomic E-state index is 0.0532. The normalized spacial score (nSPS) is 14.2. The number of benzene rings is 3. The molecule has 1 atom stereocenters. The second-order valence-electron chi connectivity index (χ2n) is 11.4. The van der Waals surface area contributed by atoms with E-state index < -0.39 is 16.1 Å². The zero-order chi connectivity index (χ0) is 31.7. The lowest BCUT2D eigenvalue weighted by atomic mass is 10.0. The predicted octanol–water partition coefficient (Wildman–Crippen LogP) is 5.90. The molecule has 0 spiro atoms. The fourth-order valence-corrected chi connectivity index (χ4v) is 6.90. The van der Waals surface area contributed by atoms with Crippen LogP contribution >= 0.6 is 11.6 Å². The van der Waals surface area contributed by atoms with Gasteiger partial charge < -0.3 is 15.0 Å². The highest BCUT2D eigenvalue weighted by Gasteiger charge is 2.32. The van der Waals surface area contributed by atoms with Gasteiger partial charge in [0.25, 0.3) is 0 Å². The summed E-state index contributed by atoms with van der Waals surface area (Å²) in [6.45, 7) is 2.12. The fraction of sp³-hybridized carbons (Fsp3) is 0.412. The summed E-state index contributed by atoms with van der Waals surface area (Å²) in [4.78, 5) is 29.6. The highest BCUT2D eigenvalue weighted by molar-refractivity contribution is 7.92. The van der Waals surface area contributed by atoms with Gasteiger partial charge in [0.1, 0.15) is 11.8 Å². The molecule has 3 aromatic carbocycles. The number of ether oxygens (including phenoxy) is 1. The summed E-state index contributed by atoms with van der Waals surface area (Å²) in [5.41, 5.74) is 3.02. The van der Waals surface area contributed by atoms with Crippen molar-refractivity contribution in [2.45, 2.75) is 70.5 Å². The van der Waals surface area contributed by atoms with Crippen molar-refractivity contribution in [2.24, 2.45) is 0 Å². The Labute approximate surface area is 266 Å². The van der Waals surface area contributed by atoms with E-state index in [9.17, 15) is 18.0 Å². The zero-order valence-electron chi connectivity index (χ0n) is 25.7. The third-order valence-electron chi connectivity index (χ3n) is 8.05. The van der Waals surface area contributed by atoms with Crippen LogP contribution in [0.5, 0.6) is 5.75 Å². The number of amides is 2. The van der Waals surface area contributed by atoms with Crippen molar-refractivity contribution in [1.82, 2.24) is 10.2 Å². The summed E-state index contributed by atoms with van der Waals surface area (Å²) in [6, 6.07) is 21.6. The molecule has 8 nitrogen and oxygen atoms in total. The monoisotopic (exact) mass is 639 g/mol. The zero-order valence-corrected chi connectivity index (χ0v) is 27.2. The van der Waals surface area contributed by atoms with Gasteiger partial charge in [-0.15, -0.1) is 0 Å². The van der Waals surface area contributed by atoms with E-state index in [1.165, 1.54) is 4.31 Å². The molecule has 0 saturated heterocycles. The van der Waals surface area contributed by atoms with Crippen molar-refractivity contribution in [3.8, 4) is 5.75 Å². The molecule has 1 aliphatic rings. The third-order valence-corrected chi connectivity index (χ3v) is 9.47. The minimum Gasteiger partial charge on any atom is -0.497 e. The summed E-state index contributed by atoms with van der Waals surface area (Å²) in [7, 11) is -2.06. The van der Waals surface area contributed by atoms with E-state index in [2.05, 4.69) is 5.32 Å². The molecule has 2 amide bonds. The Morgan fingerprint density at radius 1 is 1.00 bits per heavy atom. The summed E-state index contributed by atoms with van der Waals surface area (Å²) < 4.78 is 32.3. The smallest absolute Gasteiger partial charge is 0.243 e. The standard InChI is InChI=1S/C34H42ClN3O5S/c1-25-18-19-28(35)23-31(25)38(44(3,41)42)20-10-17-33(39)37(24-27-13-9-16-30(21-27)43-2)32(22-26-11-5-4-6-12-26)34(40)36-29-14-7-8-15-29/h4-6,9,11-13,16,18-19,21,23,29,32H,7-8,10,14-15,17,20,22,24H2,1-3H3,(H,36,40)/t32-/m1/s1. The number of nitrogens with one attached hydrogen (secondary N) is 1. The third kappa shape index (κ3) is 9.22. The molecule has 0 aliphatic heterocycles. The van der Waals surface area contributed by atoms with Crippen LogP contribution in [0.3, 0.4) is 0 Å². The van der Waals surface area contributed by atoms with Crippen molar-refractivity contribution in [3.05, 3.63) is 94.5 Å². The molecule has 10 heteroatoms. The number of hydrogen-bond donors (Lipinski definition) is 1. The lowest BCUT2D eigenvalue weighted by Crippen LogP contribution is -2.52. The molecule has 1 N–H and O–H groups in total. The maximum Gasteiger partial charge on any atom is 0.243 e. The van der Waals surface area contributed by atoms with Gasteiger partial charge in [0, 0.05) is 37.0 Å². The van der Waals surface area contributed by atoms with Gasteiger partial charge in [0.2, 0.25) is 21.8 Å². The predicted molar refractivity (Wildman–Crippen MR) is 175 cm³/mol. The van der Waals surface area contributed by atoms with Crippen LogP contribution in [0.25, 0.3) is 0 Å². The van der Waals surface area contributed by atoms with E-state index in [-0.39, 0.29) is 43.8 Å². The van der Waals surface area contributed by atoms with E-state index >= 15 is 0 Å². The first-order valence-electron chi connectivity index (χ1n) is 15.1. The molecule has 236 valence electrons. The topological polar surface area (TPSA) is 96.0 Å². The molecule has 0 unspecified atom stereocenters. The van der Waals surface area contributed by atoms with Crippen LogP contribution < -0.4 is 14.4 Å². The summed E-state index contributed by atoms with van der Waals surface area (Å²) in [5.74, 6) is 0.251. The molecular formula is C34H42ClN3O5S. The molecule has 1 fully saturated rings. The summed E-state index contributed by atoms with van der Waals surface area (Å²) in [5, 5.41) is 3.64. The number of nitrogens with zero attached hydrogens (tertiary/aromatic N) is 2. The molecule has 0 aromatic heterocycles. The Hall–Kier alpha value is -3.56. The second kappa shape index (κ2) is 15.4. The molecular weight excluding hydrogens is 598 g/mol. The highest BCUT2D eigenvalue weighted by Crippen LogP contribution is 2.27. The minimum atomic E-state index is -3.64. The Morgan fingerprint density at radius 3 is 2.39 bits per heavy atom. The van der Waals surface area contributed by atoms with Crippen LogP contribution in [0.2, 0.25) is 5.02 Å². The van der Waals surface area contributed by atoms with Crippen molar-refractivity contribution in [3.63, 3.8) is 0 Å². The van der Waals surface area contributed by atoms with Crippen LogP contribution in [-0.2, 0) is 32.6 Å². The molecule has 0 bridgehead atoms. The van der Waals surface area contributed by atoms with Crippen molar-refractivity contribution in [1.29, 1.82) is 0 Å². The highest BCUT2D eigenvalue weighted by atomic mass is 35.5. The van der Waals surface area contributed by atoms with E-state index in [1.54, 1.807) is 30.2 Å². The molecule has 3 aromatic rings. The number of halogens is 1. The van der Waals surface area contributed by atoms with Crippen molar-refractivity contribution >= 4 is 39.1 Å². The largest absolute Gasteiger partial charge is 0.497 e. The summed E-state index contributed by atoms with van der Waals surface area (Å²) in [6.07, 6.45) is 5.81. The van der Waals surface area contributed by atoms with Gasteiger partial charge in [-0.3, -0.25) is 13.9 Å². The number of carbonyl (C=O) groups is 2. The lowest BCUT2D eigenvalue weighted by Gasteiger charge is -2.33. The van der Waals surface area contributed by atoms with Gasteiger partial charge in [-0.2, -0.15) is 0 Å². The Morgan fingerprint density at radius 2 is 1.70 bits per heavy atom. The Kier molecular flexibility index (Phi) is 11.7. The maximum absolute atomic E-state index is 14.1. The molecule has 0 radical (unpaired) electrons. The quantitative estimate of drug-likeness (QED) is 0.237. The van der Waals surface area contributed by atoms with Crippen LogP contribution in [-0.4, -0.2) is 57.1 Å². The van der Waals surface area contributed by atoms with Crippen LogP contribution in [0.4, 0.5) is 5.69 Å². The van der Waals surface area contributed by atoms with Gasteiger partial charge >= 0.3 is 0 Å². The van der Waals surface area contributed by atoms with Gasteiger partial charge in [0.05, 0.1) is 19.1 Å². The number of methoxy groups -OCH3 is 1. The van der Waals surface area contributed by atoms with Gasteiger partial charge in [-0.1, -0.05) is 73.0 Å². The number of carbonyl (C=O) groups excluding carboxylic acids is 2. The molecule has 44 heavy (non-hydrogen) atoms. The first kappa shape index (κ1) is 33.3. The van der Waals surface area contributed by atoms with Crippen LogP contribution in [0, 0.1) is 6.92 Å². The molecule has 1 aliphatic carbocycles. The SMILES string of the molecule is COc1cccc(CN(C(=O)CCCN(c2cc(Cl)ccc2C)S(C)(=O)=O)[C@H](Cc2ccccc2)C(=O)NC2CCCC2)c1. The number of rotatable bonds is 14. The molecule has 4 rings (SSSR count). The second-order valence-corrected chi connectivity index (χ2v) is 13.8. The molecule has 1 saturated carbocycles. The number of sulfonamides is 1. The number of hydrogen-bond acceptors (Lipinski definition) is 5. The van der Waals surface area contributed by atoms with E-state index in [0.717, 1.165) is 48.6 Å². The van der Waals surface area contributed by atoms with Crippen LogP contribution in [0.1, 0.15) is 55.2 Å². The Bertz CT molecular complexity index is 1530. The first-order valence-corrected chi connectivity index (χ1v) is 17.3. The number of anilines is 1.